The number of aliphatic hydroxyl groups excluding tert-OH is 1. The van der Waals surface area contributed by atoms with E-state index in [0.717, 1.165) is 38.5 Å². The highest BCUT2D eigenvalue weighted by Crippen LogP contribution is 2.38. The molecular formula is C58H117N2O6P. The minimum absolute atomic E-state index is 0.00156. The molecule has 2 N–H and O–H groups in total. The number of aliphatic hydroxyl groups is 1. The van der Waals surface area contributed by atoms with Crippen molar-refractivity contribution >= 4 is 13.7 Å². The van der Waals surface area contributed by atoms with E-state index in [-0.39, 0.29) is 19.1 Å². The zero-order valence-electron chi connectivity index (χ0n) is 45.6. The molecule has 0 aromatic heterocycles. The molecule has 0 aliphatic rings. The monoisotopic (exact) mass is 969 g/mol. The van der Waals surface area contributed by atoms with Crippen molar-refractivity contribution in [1.29, 1.82) is 0 Å². The van der Waals surface area contributed by atoms with Gasteiger partial charge in [0.15, 0.2) is 0 Å². The van der Waals surface area contributed by atoms with Gasteiger partial charge in [-0.1, -0.05) is 289 Å². The van der Waals surface area contributed by atoms with Gasteiger partial charge in [0, 0.05) is 6.42 Å². The average Bonchev–Trinajstić information content (AvgIpc) is 3.29. The molecule has 3 atom stereocenters. The maximum absolute atomic E-state index is 12.8. The topological polar surface area (TPSA) is 108 Å². The van der Waals surface area contributed by atoms with E-state index in [2.05, 4.69) is 19.2 Å². The van der Waals surface area contributed by atoms with Crippen LogP contribution in [0.2, 0.25) is 0 Å². The summed E-state index contributed by atoms with van der Waals surface area (Å²) in [6.07, 6.45) is 62.2. The largest absolute Gasteiger partial charge is 0.756 e. The lowest BCUT2D eigenvalue weighted by Gasteiger charge is -2.29. The molecule has 0 rings (SSSR count). The molecule has 0 aromatic rings. The number of nitrogens with zero attached hydrogens (tertiary/aromatic N) is 1. The molecular weight excluding hydrogens is 852 g/mol. The predicted molar refractivity (Wildman–Crippen MR) is 289 cm³/mol. The van der Waals surface area contributed by atoms with Crippen molar-refractivity contribution in [3.05, 3.63) is 12.2 Å². The lowest BCUT2D eigenvalue weighted by atomic mass is 10.0. The number of allylic oxidation sites excluding steroid dienone is 1. The summed E-state index contributed by atoms with van der Waals surface area (Å²) in [5.41, 5.74) is 0. The number of hydrogen-bond donors (Lipinski definition) is 2. The first-order valence-electron chi connectivity index (χ1n) is 29.6. The Balaban J connectivity index is 3.70. The SMILES string of the molecule is CCCCCCC/C=C/C(O)C(COP(=O)([O-])OCC[N+](C)(C)C)NC(=O)CCCCCCCCCCCCCCCCCCCCCCCCCCCCCCCCCCCCCCCC. The third-order valence-electron chi connectivity index (χ3n) is 13.7. The number of likely N-dealkylation sites (N-methyl/N-ethyl adjacent to an activating group) is 1. The van der Waals surface area contributed by atoms with Crippen molar-refractivity contribution in [1.82, 2.24) is 5.32 Å². The lowest BCUT2D eigenvalue weighted by Crippen LogP contribution is -2.45. The summed E-state index contributed by atoms with van der Waals surface area (Å²) in [4.78, 5) is 25.3. The van der Waals surface area contributed by atoms with Crippen LogP contribution in [0.5, 0.6) is 0 Å². The summed E-state index contributed by atoms with van der Waals surface area (Å²) < 4.78 is 23.1. The number of phosphoric ester groups is 1. The second kappa shape index (κ2) is 50.2. The summed E-state index contributed by atoms with van der Waals surface area (Å²) in [6.45, 7) is 4.62. The molecule has 400 valence electrons. The minimum Gasteiger partial charge on any atom is -0.756 e. The van der Waals surface area contributed by atoms with Crippen molar-refractivity contribution in [2.75, 3.05) is 40.9 Å². The molecule has 0 saturated heterocycles. The zero-order chi connectivity index (χ0) is 49.2. The molecule has 0 aliphatic heterocycles. The number of carbonyl (C=O) groups is 1. The fourth-order valence-electron chi connectivity index (χ4n) is 9.10. The van der Waals surface area contributed by atoms with Crippen molar-refractivity contribution in [3.8, 4) is 0 Å². The summed E-state index contributed by atoms with van der Waals surface area (Å²) >= 11 is 0. The Labute approximate surface area is 418 Å². The number of quaternary nitrogens is 1. The molecule has 0 aromatic carbocycles. The smallest absolute Gasteiger partial charge is 0.268 e. The highest BCUT2D eigenvalue weighted by Gasteiger charge is 2.23. The molecule has 0 saturated carbocycles. The Kier molecular flexibility index (Phi) is 49.6. The number of carbonyl (C=O) groups excluding carboxylic acids is 1. The Morgan fingerprint density at radius 1 is 0.507 bits per heavy atom. The van der Waals surface area contributed by atoms with Gasteiger partial charge in [-0.25, -0.2) is 0 Å². The fraction of sp³-hybridized carbons (Fsp3) is 0.948. The van der Waals surface area contributed by atoms with Gasteiger partial charge in [0.25, 0.3) is 7.82 Å². The molecule has 8 nitrogen and oxygen atoms in total. The van der Waals surface area contributed by atoms with Gasteiger partial charge in [-0.05, 0) is 19.3 Å². The van der Waals surface area contributed by atoms with Gasteiger partial charge in [-0.15, -0.1) is 0 Å². The molecule has 9 heteroatoms. The molecule has 0 fully saturated rings. The number of rotatable bonds is 55. The van der Waals surface area contributed by atoms with E-state index in [9.17, 15) is 19.4 Å². The van der Waals surface area contributed by atoms with Crippen LogP contribution in [0.1, 0.15) is 303 Å². The van der Waals surface area contributed by atoms with Crippen LogP contribution in [-0.2, 0) is 18.4 Å². The Bertz CT molecular complexity index is 1100. The van der Waals surface area contributed by atoms with Gasteiger partial charge >= 0.3 is 0 Å². The van der Waals surface area contributed by atoms with Crippen LogP contribution in [0.15, 0.2) is 12.2 Å². The Morgan fingerprint density at radius 2 is 0.806 bits per heavy atom. The van der Waals surface area contributed by atoms with Gasteiger partial charge < -0.3 is 28.8 Å². The molecule has 0 spiro atoms. The van der Waals surface area contributed by atoms with Crippen LogP contribution < -0.4 is 10.2 Å². The second-order valence-electron chi connectivity index (χ2n) is 21.7. The summed E-state index contributed by atoms with van der Waals surface area (Å²) in [5.74, 6) is -0.196. The van der Waals surface area contributed by atoms with E-state index in [4.69, 9.17) is 9.05 Å². The molecule has 0 aliphatic carbocycles. The van der Waals surface area contributed by atoms with Crippen molar-refractivity contribution in [2.24, 2.45) is 0 Å². The average molecular weight is 970 g/mol. The van der Waals surface area contributed by atoms with Crippen LogP contribution in [0, 0.1) is 0 Å². The highest BCUT2D eigenvalue weighted by molar-refractivity contribution is 7.45. The number of nitrogens with one attached hydrogen (secondary N) is 1. The fourth-order valence-corrected chi connectivity index (χ4v) is 9.82. The highest BCUT2D eigenvalue weighted by atomic mass is 31.2. The van der Waals surface area contributed by atoms with E-state index < -0.39 is 20.0 Å². The van der Waals surface area contributed by atoms with E-state index in [0.29, 0.717) is 17.4 Å². The number of phosphoric acid groups is 1. The maximum Gasteiger partial charge on any atom is 0.268 e. The second-order valence-corrected chi connectivity index (χ2v) is 23.1. The zero-order valence-corrected chi connectivity index (χ0v) is 46.5. The summed E-state index contributed by atoms with van der Waals surface area (Å²) in [5, 5.41) is 13.7. The van der Waals surface area contributed by atoms with Crippen LogP contribution in [0.4, 0.5) is 0 Å². The van der Waals surface area contributed by atoms with E-state index in [1.54, 1.807) is 6.08 Å². The number of unbranched alkanes of at least 4 members (excludes halogenated alkanes) is 42. The quantitative estimate of drug-likeness (QED) is 0.0272. The number of hydrogen-bond acceptors (Lipinski definition) is 6. The maximum atomic E-state index is 12.8. The summed E-state index contributed by atoms with van der Waals surface area (Å²) in [6, 6.07) is -0.879. The first-order valence-corrected chi connectivity index (χ1v) is 31.0. The molecule has 0 radical (unpaired) electrons. The van der Waals surface area contributed by atoms with E-state index in [1.807, 2.05) is 27.2 Å². The van der Waals surface area contributed by atoms with Gasteiger partial charge in [0.05, 0.1) is 39.9 Å². The van der Waals surface area contributed by atoms with Crippen molar-refractivity contribution in [2.45, 2.75) is 315 Å². The minimum atomic E-state index is -4.58. The predicted octanol–water partition coefficient (Wildman–Crippen LogP) is 17.2. The van der Waals surface area contributed by atoms with E-state index in [1.165, 1.54) is 244 Å². The molecule has 0 heterocycles. The third-order valence-corrected chi connectivity index (χ3v) is 14.7. The van der Waals surface area contributed by atoms with E-state index >= 15 is 0 Å². The first-order chi connectivity index (χ1) is 32.5. The van der Waals surface area contributed by atoms with Gasteiger partial charge in [0.2, 0.25) is 5.91 Å². The first kappa shape index (κ1) is 66.2. The lowest BCUT2D eigenvalue weighted by molar-refractivity contribution is -0.870. The molecule has 67 heavy (non-hydrogen) atoms. The van der Waals surface area contributed by atoms with Crippen LogP contribution in [0.3, 0.4) is 0 Å². The molecule has 0 bridgehead atoms. The van der Waals surface area contributed by atoms with Gasteiger partial charge in [-0.3, -0.25) is 9.36 Å². The van der Waals surface area contributed by atoms with Gasteiger partial charge in [0.1, 0.15) is 13.2 Å². The molecule has 1 amide bonds. The third kappa shape index (κ3) is 52.9. The van der Waals surface area contributed by atoms with Crippen LogP contribution in [0.25, 0.3) is 0 Å². The number of amides is 1. The molecule has 3 unspecified atom stereocenters. The van der Waals surface area contributed by atoms with Crippen molar-refractivity contribution in [3.63, 3.8) is 0 Å². The van der Waals surface area contributed by atoms with Gasteiger partial charge in [-0.2, -0.15) is 0 Å². The van der Waals surface area contributed by atoms with Crippen LogP contribution in [-0.4, -0.2) is 68.5 Å². The Hall–Kier alpha value is -0.760. The summed E-state index contributed by atoms with van der Waals surface area (Å²) in [7, 11) is 1.27. The standard InChI is InChI=1S/C58H117N2O6P/c1-6-8-10-12-14-15-16-17-18-19-20-21-22-23-24-25-26-27-28-29-30-31-32-33-34-35-36-37-38-39-40-41-42-43-44-46-48-50-52-58(62)59-56(57(61)51-49-47-45-13-11-9-7-2)55-66-67(63,64)65-54-53-60(3,4)5/h49,51,56-57,61H,6-48,50,52-55H2,1-5H3,(H-,59,62,63,64)/b51-49+. The van der Waals surface area contributed by atoms with Crippen molar-refractivity contribution < 1.29 is 32.9 Å². The normalized spacial score (nSPS) is 14.0. The Morgan fingerprint density at radius 3 is 1.12 bits per heavy atom. The van der Waals surface area contributed by atoms with Crippen LogP contribution >= 0.6 is 7.82 Å².